The number of urea groups is 1. The lowest BCUT2D eigenvalue weighted by Gasteiger charge is -2.31. The van der Waals surface area contributed by atoms with Crippen LogP contribution in [0.2, 0.25) is 0 Å². The van der Waals surface area contributed by atoms with Crippen molar-refractivity contribution in [2.45, 2.75) is 51.6 Å². The van der Waals surface area contributed by atoms with Gasteiger partial charge >= 0.3 is 6.03 Å². The quantitative estimate of drug-likeness (QED) is 0.260. The number of para-hydroxylation sites is 1. The zero-order valence-corrected chi connectivity index (χ0v) is 23.0. The van der Waals surface area contributed by atoms with E-state index < -0.39 is 0 Å². The molecule has 2 aliphatic rings. The maximum absolute atomic E-state index is 13.5. The molecule has 1 fully saturated rings. The number of thiophene rings is 1. The predicted octanol–water partition coefficient (Wildman–Crippen LogP) is 6.26. The Morgan fingerprint density at radius 1 is 1.02 bits per heavy atom. The van der Waals surface area contributed by atoms with E-state index >= 15 is 0 Å². The Balaban J connectivity index is 1.28. The number of carbonyl (C=O) groups is 3. The topological polar surface area (TPSA) is 113 Å². The van der Waals surface area contributed by atoms with Crippen molar-refractivity contribution in [3.63, 3.8) is 0 Å². The number of rotatable bonds is 6. The molecule has 9 nitrogen and oxygen atoms in total. The summed E-state index contributed by atoms with van der Waals surface area (Å²) in [4.78, 5) is 45.7. The van der Waals surface area contributed by atoms with E-state index in [0.717, 1.165) is 36.0 Å². The van der Waals surface area contributed by atoms with Crippen molar-refractivity contribution >= 4 is 56.5 Å². The molecule has 1 aliphatic heterocycles. The van der Waals surface area contributed by atoms with Gasteiger partial charge in [0.15, 0.2) is 0 Å². The second-order valence-electron chi connectivity index (χ2n) is 10.2. The van der Waals surface area contributed by atoms with Crippen molar-refractivity contribution in [3.05, 3.63) is 71.2 Å². The molecule has 3 N–H and O–H groups in total. The number of aromatic nitrogens is 1. The Hall–Kier alpha value is -4.44. The Bertz CT molecular complexity index is 1620. The molecule has 6 rings (SSSR count). The molecule has 10 heteroatoms. The first-order valence-electron chi connectivity index (χ1n) is 13.3. The second kappa shape index (κ2) is 10.6. The molecule has 0 bridgehead atoms. The van der Waals surface area contributed by atoms with Crippen LogP contribution in [0.1, 0.15) is 47.8 Å². The van der Waals surface area contributed by atoms with Crippen LogP contribution < -0.4 is 25.6 Å². The molecular formula is C30H29N5O4S. The number of nitrogens with zero attached hydrogens (tertiary/aromatic N) is 2. The fourth-order valence-corrected chi connectivity index (χ4v) is 6.56. The van der Waals surface area contributed by atoms with Gasteiger partial charge in [0.05, 0.1) is 22.4 Å². The highest BCUT2D eigenvalue weighted by atomic mass is 32.1. The van der Waals surface area contributed by atoms with Gasteiger partial charge in [-0.3, -0.25) is 14.5 Å². The van der Waals surface area contributed by atoms with Crippen molar-refractivity contribution in [1.29, 1.82) is 0 Å². The number of amides is 4. The van der Waals surface area contributed by atoms with Gasteiger partial charge in [-0.2, -0.15) is 0 Å². The van der Waals surface area contributed by atoms with Crippen LogP contribution in [0, 0.1) is 6.92 Å². The van der Waals surface area contributed by atoms with Crippen molar-refractivity contribution in [2.24, 2.45) is 0 Å². The fraction of sp³-hybridized carbons (Fsp3) is 0.267. The molecule has 2 aromatic heterocycles. The number of aryl methyl sites for hydroxylation is 1. The highest BCUT2D eigenvalue weighted by Gasteiger charge is 2.34. The summed E-state index contributed by atoms with van der Waals surface area (Å²) in [5, 5.41) is 9.79. The van der Waals surface area contributed by atoms with Gasteiger partial charge < -0.3 is 20.7 Å². The molecule has 4 amide bonds. The minimum atomic E-state index is -0.351. The van der Waals surface area contributed by atoms with E-state index in [2.05, 4.69) is 20.9 Å². The number of anilines is 3. The van der Waals surface area contributed by atoms with Crippen LogP contribution in [0.4, 0.5) is 21.9 Å². The zero-order chi connectivity index (χ0) is 27.8. The van der Waals surface area contributed by atoms with E-state index in [1.165, 1.54) is 18.3 Å². The first-order chi connectivity index (χ1) is 19.4. The zero-order valence-electron chi connectivity index (χ0n) is 22.2. The summed E-state index contributed by atoms with van der Waals surface area (Å²) in [6.45, 7) is 3.44. The van der Waals surface area contributed by atoms with Gasteiger partial charge in [-0.05, 0) is 74.6 Å². The number of nitrogens with one attached hydrogen (secondary N) is 3. The number of hydrogen-bond donors (Lipinski definition) is 3. The van der Waals surface area contributed by atoms with Gasteiger partial charge in [0.1, 0.15) is 21.2 Å². The maximum atomic E-state index is 13.5. The van der Waals surface area contributed by atoms with Crippen LogP contribution in [-0.4, -0.2) is 34.9 Å². The first kappa shape index (κ1) is 25.8. The fourth-order valence-electron chi connectivity index (χ4n) is 5.54. The van der Waals surface area contributed by atoms with Gasteiger partial charge in [0.2, 0.25) is 5.91 Å². The summed E-state index contributed by atoms with van der Waals surface area (Å²) in [6.07, 6.45) is 5.00. The lowest BCUT2D eigenvalue weighted by Crippen LogP contribution is -2.45. The second-order valence-corrected chi connectivity index (χ2v) is 11.2. The lowest BCUT2D eigenvalue weighted by atomic mass is 9.91. The van der Waals surface area contributed by atoms with Crippen LogP contribution in [-0.2, 0) is 4.79 Å². The molecule has 3 heterocycles. The molecule has 1 aliphatic carbocycles. The van der Waals surface area contributed by atoms with Crippen LogP contribution in [0.3, 0.4) is 0 Å². The summed E-state index contributed by atoms with van der Waals surface area (Å²) in [5.74, 6) is 1.09. The molecule has 204 valence electrons. The van der Waals surface area contributed by atoms with Gasteiger partial charge in [-0.1, -0.05) is 18.2 Å². The predicted molar refractivity (Wildman–Crippen MR) is 156 cm³/mol. The van der Waals surface area contributed by atoms with E-state index in [1.54, 1.807) is 17.2 Å². The van der Waals surface area contributed by atoms with Crippen molar-refractivity contribution in [1.82, 2.24) is 15.6 Å². The molecule has 1 saturated carbocycles. The SMILES string of the molecule is CC(=O)N[C@@H]1CCC[C@@H](NC(=O)c2sc3nccc4c3c2NC(=O)N4c2ccc(Oc3ccccc3)cc2C)C1. The third-order valence-corrected chi connectivity index (χ3v) is 8.35. The maximum Gasteiger partial charge on any atom is 0.331 e. The normalized spacial score (nSPS) is 18.2. The van der Waals surface area contributed by atoms with Crippen molar-refractivity contribution in [3.8, 4) is 11.5 Å². The van der Waals surface area contributed by atoms with E-state index in [-0.39, 0.29) is 29.9 Å². The van der Waals surface area contributed by atoms with E-state index in [0.29, 0.717) is 38.9 Å². The smallest absolute Gasteiger partial charge is 0.331 e. The average molecular weight is 556 g/mol. The van der Waals surface area contributed by atoms with Gasteiger partial charge in [0.25, 0.3) is 5.91 Å². The summed E-state index contributed by atoms with van der Waals surface area (Å²) in [7, 11) is 0. The molecule has 0 saturated heterocycles. The highest BCUT2D eigenvalue weighted by Crippen LogP contribution is 2.46. The molecule has 0 radical (unpaired) electrons. The Morgan fingerprint density at radius 3 is 2.55 bits per heavy atom. The molecule has 4 aromatic rings. The Labute approximate surface area is 235 Å². The number of pyridine rings is 1. The lowest BCUT2D eigenvalue weighted by molar-refractivity contribution is -0.119. The summed E-state index contributed by atoms with van der Waals surface area (Å²) in [6, 6.07) is 16.6. The van der Waals surface area contributed by atoms with E-state index in [1.807, 2.05) is 55.5 Å². The standard InChI is InChI=1S/C30H29N5O4S/c1-17-15-22(39-21-9-4-3-5-10-21)11-12-23(17)35-24-13-14-31-29-25(24)26(34-30(35)38)27(40-29)28(37)33-20-8-6-7-19(16-20)32-18(2)36/h3-5,9-15,19-20H,6-8,16H2,1-2H3,(H,32,36)(H,33,37)(H,34,38)/t19-,20-/m1/s1. The van der Waals surface area contributed by atoms with Crippen molar-refractivity contribution < 1.29 is 19.1 Å². The van der Waals surface area contributed by atoms with Crippen LogP contribution in [0.5, 0.6) is 11.5 Å². The molecule has 40 heavy (non-hydrogen) atoms. The monoisotopic (exact) mass is 555 g/mol. The third kappa shape index (κ3) is 4.98. The molecule has 0 unspecified atom stereocenters. The average Bonchev–Trinajstić information content (AvgIpc) is 3.29. The largest absolute Gasteiger partial charge is 0.457 e. The third-order valence-electron chi connectivity index (χ3n) is 7.26. The van der Waals surface area contributed by atoms with Crippen LogP contribution in [0.15, 0.2) is 60.8 Å². The van der Waals surface area contributed by atoms with Crippen LogP contribution >= 0.6 is 11.3 Å². The highest BCUT2D eigenvalue weighted by molar-refractivity contribution is 7.21. The number of benzene rings is 2. The summed E-state index contributed by atoms with van der Waals surface area (Å²) >= 11 is 1.26. The molecular weight excluding hydrogens is 526 g/mol. The number of ether oxygens (including phenoxy) is 1. The van der Waals surface area contributed by atoms with Gasteiger partial charge in [-0.15, -0.1) is 11.3 Å². The molecule has 0 spiro atoms. The van der Waals surface area contributed by atoms with Gasteiger partial charge in [-0.25, -0.2) is 9.78 Å². The summed E-state index contributed by atoms with van der Waals surface area (Å²) in [5.41, 5.74) is 2.72. The first-order valence-corrected chi connectivity index (χ1v) is 14.1. The Kier molecular flexibility index (Phi) is 6.85. The van der Waals surface area contributed by atoms with E-state index in [4.69, 9.17) is 4.74 Å². The van der Waals surface area contributed by atoms with E-state index in [9.17, 15) is 14.4 Å². The Morgan fingerprint density at radius 2 is 1.80 bits per heavy atom. The van der Waals surface area contributed by atoms with Crippen LogP contribution in [0.25, 0.3) is 10.2 Å². The summed E-state index contributed by atoms with van der Waals surface area (Å²) < 4.78 is 5.97. The minimum absolute atomic E-state index is 0.0477. The molecule has 2 aromatic carbocycles. The minimum Gasteiger partial charge on any atom is -0.457 e. The number of carbonyl (C=O) groups excluding carboxylic acids is 3. The number of hydrogen-bond acceptors (Lipinski definition) is 6. The van der Waals surface area contributed by atoms with Crippen molar-refractivity contribution in [2.75, 3.05) is 10.2 Å². The molecule has 2 atom stereocenters. The van der Waals surface area contributed by atoms with Gasteiger partial charge in [0, 0.05) is 25.2 Å².